The molecule has 0 heterocycles. The van der Waals surface area contributed by atoms with E-state index in [0.29, 0.717) is 28.2 Å². The molecule has 0 spiro atoms. The standard InChI is InChI=1S/C16H17Cl2NO2/c1-19-9-11-4-6-15(16(8-11)20-2)21-10-12-3-5-13(17)14(18)7-12/h3-8,19H,9-10H2,1-2H3. The van der Waals surface area contributed by atoms with Gasteiger partial charge < -0.3 is 14.8 Å². The molecule has 0 saturated carbocycles. The second-order valence-electron chi connectivity index (χ2n) is 4.55. The summed E-state index contributed by atoms with van der Waals surface area (Å²) in [5, 5.41) is 4.16. The molecule has 0 aromatic heterocycles. The minimum Gasteiger partial charge on any atom is -0.493 e. The van der Waals surface area contributed by atoms with Crippen LogP contribution in [0.3, 0.4) is 0 Å². The lowest BCUT2D eigenvalue weighted by atomic mass is 10.2. The molecule has 0 fully saturated rings. The highest BCUT2D eigenvalue weighted by Gasteiger charge is 2.07. The van der Waals surface area contributed by atoms with Gasteiger partial charge in [0.25, 0.3) is 0 Å². The molecule has 5 heteroatoms. The maximum atomic E-state index is 5.99. The predicted molar refractivity (Wildman–Crippen MR) is 86.6 cm³/mol. The molecule has 0 saturated heterocycles. The average Bonchev–Trinajstić information content (AvgIpc) is 2.49. The van der Waals surface area contributed by atoms with Crippen LogP contribution in [0.4, 0.5) is 0 Å². The van der Waals surface area contributed by atoms with Crippen molar-refractivity contribution in [2.75, 3.05) is 14.2 Å². The van der Waals surface area contributed by atoms with E-state index < -0.39 is 0 Å². The number of benzene rings is 2. The molecular weight excluding hydrogens is 309 g/mol. The van der Waals surface area contributed by atoms with E-state index in [4.69, 9.17) is 32.7 Å². The van der Waals surface area contributed by atoms with E-state index in [2.05, 4.69) is 5.32 Å². The first-order chi connectivity index (χ1) is 10.1. The first-order valence-electron chi connectivity index (χ1n) is 6.52. The zero-order chi connectivity index (χ0) is 15.2. The van der Waals surface area contributed by atoms with Crippen molar-refractivity contribution in [1.82, 2.24) is 5.32 Å². The summed E-state index contributed by atoms with van der Waals surface area (Å²) < 4.78 is 11.2. The van der Waals surface area contributed by atoms with Gasteiger partial charge in [0, 0.05) is 6.54 Å². The van der Waals surface area contributed by atoms with Crippen LogP contribution in [0.1, 0.15) is 11.1 Å². The minimum atomic E-state index is 0.401. The molecule has 2 rings (SSSR count). The topological polar surface area (TPSA) is 30.5 Å². The van der Waals surface area contributed by atoms with Crippen LogP contribution in [0.2, 0.25) is 10.0 Å². The molecular formula is C16H17Cl2NO2. The quantitative estimate of drug-likeness (QED) is 0.858. The van der Waals surface area contributed by atoms with Crippen LogP contribution in [0.25, 0.3) is 0 Å². The van der Waals surface area contributed by atoms with Gasteiger partial charge in [0.2, 0.25) is 0 Å². The van der Waals surface area contributed by atoms with Crippen LogP contribution in [0, 0.1) is 0 Å². The van der Waals surface area contributed by atoms with E-state index in [0.717, 1.165) is 17.7 Å². The molecule has 2 aromatic rings. The second kappa shape index (κ2) is 7.55. The summed E-state index contributed by atoms with van der Waals surface area (Å²) in [4.78, 5) is 0. The Morgan fingerprint density at radius 1 is 0.952 bits per heavy atom. The Bertz CT molecular complexity index is 617. The van der Waals surface area contributed by atoms with Gasteiger partial charge in [-0.25, -0.2) is 0 Å². The van der Waals surface area contributed by atoms with Crippen molar-refractivity contribution < 1.29 is 9.47 Å². The van der Waals surface area contributed by atoms with Gasteiger partial charge in [-0.3, -0.25) is 0 Å². The van der Waals surface area contributed by atoms with Crippen molar-refractivity contribution in [2.24, 2.45) is 0 Å². The van der Waals surface area contributed by atoms with E-state index in [1.807, 2.05) is 31.3 Å². The third-order valence-corrected chi connectivity index (χ3v) is 3.73. The normalized spacial score (nSPS) is 10.5. The Balaban J connectivity index is 2.10. The molecule has 2 aromatic carbocycles. The first-order valence-corrected chi connectivity index (χ1v) is 7.28. The Kier molecular flexibility index (Phi) is 5.74. The molecule has 21 heavy (non-hydrogen) atoms. The second-order valence-corrected chi connectivity index (χ2v) is 5.37. The van der Waals surface area contributed by atoms with Gasteiger partial charge in [0.05, 0.1) is 17.2 Å². The Morgan fingerprint density at radius 3 is 2.38 bits per heavy atom. The zero-order valence-corrected chi connectivity index (χ0v) is 13.5. The summed E-state index contributed by atoms with van der Waals surface area (Å²) in [5.41, 5.74) is 2.09. The van der Waals surface area contributed by atoms with Gasteiger partial charge in [0.15, 0.2) is 11.5 Å². The molecule has 0 aliphatic heterocycles. The fourth-order valence-electron chi connectivity index (χ4n) is 1.94. The summed E-state index contributed by atoms with van der Waals surface area (Å²) >= 11 is 11.9. The lowest BCUT2D eigenvalue weighted by molar-refractivity contribution is 0.284. The average molecular weight is 326 g/mol. The molecule has 0 aliphatic rings. The van der Waals surface area contributed by atoms with Crippen LogP contribution < -0.4 is 14.8 Å². The summed E-state index contributed by atoms with van der Waals surface area (Å²) in [7, 11) is 3.53. The molecule has 0 atom stereocenters. The van der Waals surface area contributed by atoms with Crippen molar-refractivity contribution in [3.05, 3.63) is 57.6 Å². The van der Waals surface area contributed by atoms with Gasteiger partial charge in [0.1, 0.15) is 6.61 Å². The highest BCUT2D eigenvalue weighted by molar-refractivity contribution is 6.42. The molecule has 0 unspecified atom stereocenters. The minimum absolute atomic E-state index is 0.401. The molecule has 3 nitrogen and oxygen atoms in total. The first kappa shape index (κ1) is 16.0. The Labute approximate surface area is 134 Å². The van der Waals surface area contributed by atoms with Crippen LogP contribution in [0.15, 0.2) is 36.4 Å². The SMILES string of the molecule is CNCc1ccc(OCc2ccc(Cl)c(Cl)c2)c(OC)c1. The maximum Gasteiger partial charge on any atom is 0.161 e. The number of ether oxygens (including phenoxy) is 2. The summed E-state index contributed by atoms with van der Waals surface area (Å²) in [6, 6.07) is 11.3. The predicted octanol–water partition coefficient (Wildman–Crippen LogP) is 4.30. The van der Waals surface area contributed by atoms with Crippen molar-refractivity contribution in [1.29, 1.82) is 0 Å². The van der Waals surface area contributed by atoms with Gasteiger partial charge in [-0.05, 0) is 42.4 Å². The van der Waals surface area contributed by atoms with Gasteiger partial charge in [-0.15, -0.1) is 0 Å². The fourth-order valence-corrected chi connectivity index (χ4v) is 2.26. The Hall–Kier alpha value is -1.42. The summed E-state index contributed by atoms with van der Waals surface area (Å²) in [5.74, 6) is 1.41. The van der Waals surface area contributed by atoms with E-state index in [-0.39, 0.29) is 0 Å². The molecule has 0 amide bonds. The van der Waals surface area contributed by atoms with Crippen LogP contribution in [-0.2, 0) is 13.2 Å². The van der Waals surface area contributed by atoms with Crippen molar-refractivity contribution in [3.8, 4) is 11.5 Å². The van der Waals surface area contributed by atoms with Crippen LogP contribution in [-0.4, -0.2) is 14.2 Å². The fraction of sp³-hybridized carbons (Fsp3) is 0.250. The van der Waals surface area contributed by atoms with Gasteiger partial charge in [-0.2, -0.15) is 0 Å². The van der Waals surface area contributed by atoms with E-state index in [1.165, 1.54) is 0 Å². The van der Waals surface area contributed by atoms with Crippen molar-refractivity contribution in [3.63, 3.8) is 0 Å². The van der Waals surface area contributed by atoms with Crippen LogP contribution in [0.5, 0.6) is 11.5 Å². The number of methoxy groups -OCH3 is 1. The highest BCUT2D eigenvalue weighted by atomic mass is 35.5. The summed E-state index contributed by atoms with van der Waals surface area (Å²) in [6.07, 6.45) is 0. The monoisotopic (exact) mass is 325 g/mol. The van der Waals surface area contributed by atoms with Crippen molar-refractivity contribution >= 4 is 23.2 Å². The zero-order valence-electron chi connectivity index (χ0n) is 12.0. The van der Waals surface area contributed by atoms with Crippen molar-refractivity contribution in [2.45, 2.75) is 13.2 Å². The van der Waals surface area contributed by atoms with E-state index in [9.17, 15) is 0 Å². The third-order valence-electron chi connectivity index (χ3n) is 2.99. The van der Waals surface area contributed by atoms with Crippen LogP contribution >= 0.6 is 23.2 Å². The molecule has 0 aliphatic carbocycles. The number of rotatable bonds is 6. The Morgan fingerprint density at radius 2 is 1.71 bits per heavy atom. The highest BCUT2D eigenvalue weighted by Crippen LogP contribution is 2.29. The summed E-state index contributed by atoms with van der Waals surface area (Å²) in [6.45, 7) is 1.18. The number of hydrogen-bond donors (Lipinski definition) is 1. The maximum absolute atomic E-state index is 5.99. The lowest BCUT2D eigenvalue weighted by Crippen LogP contribution is -2.05. The van der Waals surface area contributed by atoms with Gasteiger partial charge in [-0.1, -0.05) is 35.3 Å². The lowest BCUT2D eigenvalue weighted by Gasteiger charge is -2.12. The van der Waals surface area contributed by atoms with E-state index >= 15 is 0 Å². The number of halogens is 2. The smallest absolute Gasteiger partial charge is 0.161 e. The molecule has 0 radical (unpaired) electrons. The molecule has 0 bridgehead atoms. The number of nitrogens with one attached hydrogen (secondary N) is 1. The van der Waals surface area contributed by atoms with Gasteiger partial charge >= 0.3 is 0 Å². The third kappa shape index (κ3) is 4.27. The largest absolute Gasteiger partial charge is 0.493 e. The molecule has 112 valence electrons. The van der Waals surface area contributed by atoms with E-state index in [1.54, 1.807) is 19.2 Å². The number of hydrogen-bond acceptors (Lipinski definition) is 3. The molecule has 1 N–H and O–H groups in total.